The lowest BCUT2D eigenvalue weighted by atomic mass is 9.93. The van der Waals surface area contributed by atoms with Gasteiger partial charge in [0.1, 0.15) is 6.61 Å². The van der Waals surface area contributed by atoms with Crippen molar-refractivity contribution in [3.8, 4) is 0 Å². The smallest absolute Gasteiger partial charge is 0.410 e. The average molecular weight is 253 g/mol. The Morgan fingerprint density at radius 2 is 2.47 bits per heavy atom. The third-order valence-electron chi connectivity index (χ3n) is 3.68. The van der Waals surface area contributed by atoms with Gasteiger partial charge in [0.2, 0.25) is 0 Å². The van der Waals surface area contributed by atoms with Gasteiger partial charge in [-0.1, -0.05) is 6.92 Å². The Labute approximate surface area is 104 Å². The minimum atomic E-state index is -0.161. The van der Waals surface area contributed by atoms with Gasteiger partial charge in [-0.3, -0.25) is 4.90 Å². The predicted octanol–water partition coefficient (Wildman–Crippen LogP) is 1.56. The van der Waals surface area contributed by atoms with Crippen molar-refractivity contribution in [2.75, 3.05) is 31.1 Å². The fourth-order valence-electron chi connectivity index (χ4n) is 2.60. The first-order chi connectivity index (χ1) is 8.25. The van der Waals surface area contributed by atoms with Crippen LogP contribution in [0.1, 0.15) is 13.3 Å². The number of carbonyl (C=O) groups is 1. The number of carbonyl (C=O) groups excluding carboxylic acids is 1. The molecule has 0 saturated carbocycles. The van der Waals surface area contributed by atoms with Crippen molar-refractivity contribution in [2.24, 2.45) is 0 Å². The molecule has 3 heterocycles. The van der Waals surface area contributed by atoms with Crippen molar-refractivity contribution in [3.63, 3.8) is 0 Å². The number of cyclic esters (lactones) is 1. The Morgan fingerprint density at radius 1 is 1.59 bits per heavy atom. The zero-order valence-electron chi connectivity index (χ0n) is 9.76. The van der Waals surface area contributed by atoms with Crippen LogP contribution >= 0.6 is 11.3 Å². The Morgan fingerprint density at radius 3 is 3.18 bits per heavy atom. The molecule has 1 unspecified atom stereocenters. The van der Waals surface area contributed by atoms with Crippen molar-refractivity contribution in [1.29, 1.82) is 0 Å². The first kappa shape index (κ1) is 10.8. The number of fused-ring (bicyclic) bond motifs is 1. The van der Waals surface area contributed by atoms with Crippen molar-refractivity contribution in [1.82, 2.24) is 9.88 Å². The molecule has 1 amide bonds. The van der Waals surface area contributed by atoms with E-state index in [0.717, 1.165) is 31.2 Å². The number of anilines is 1. The van der Waals surface area contributed by atoms with Crippen LogP contribution in [-0.4, -0.2) is 47.8 Å². The molecule has 0 N–H and O–H groups in total. The van der Waals surface area contributed by atoms with Gasteiger partial charge < -0.3 is 9.64 Å². The maximum absolute atomic E-state index is 11.6. The van der Waals surface area contributed by atoms with Crippen LogP contribution in [0.2, 0.25) is 0 Å². The third-order valence-corrected chi connectivity index (χ3v) is 4.52. The van der Waals surface area contributed by atoms with Crippen LogP contribution in [0.3, 0.4) is 0 Å². The summed E-state index contributed by atoms with van der Waals surface area (Å²) in [6.07, 6.45) is 2.58. The highest BCUT2D eigenvalue weighted by atomic mass is 32.1. The first-order valence-corrected chi connectivity index (χ1v) is 6.72. The van der Waals surface area contributed by atoms with Gasteiger partial charge in [-0.2, -0.15) is 0 Å². The fourth-order valence-corrected chi connectivity index (χ4v) is 3.27. The molecule has 0 spiro atoms. The van der Waals surface area contributed by atoms with Gasteiger partial charge in [-0.25, -0.2) is 9.78 Å². The number of piperazine rings is 1. The van der Waals surface area contributed by atoms with Crippen molar-refractivity contribution in [2.45, 2.75) is 18.9 Å². The molecule has 0 radical (unpaired) electrons. The van der Waals surface area contributed by atoms with E-state index in [9.17, 15) is 4.79 Å². The molecule has 2 aliphatic rings. The fraction of sp³-hybridized carbons (Fsp3) is 0.636. The standard InChI is InChI=1S/C11H15N3O2S/c1-2-11-7-13(9-12-3-6-17-9)4-5-14(11)10(15)16-8-11/h3,6H,2,4-5,7-8H2,1H3. The zero-order chi connectivity index (χ0) is 11.9. The van der Waals surface area contributed by atoms with Gasteiger partial charge in [0.25, 0.3) is 0 Å². The average Bonchev–Trinajstić information content (AvgIpc) is 2.98. The summed E-state index contributed by atoms with van der Waals surface area (Å²) in [7, 11) is 0. The molecule has 17 heavy (non-hydrogen) atoms. The summed E-state index contributed by atoms with van der Waals surface area (Å²) in [6.45, 7) is 5.00. The molecule has 92 valence electrons. The quantitative estimate of drug-likeness (QED) is 0.802. The Kier molecular flexibility index (Phi) is 2.47. The minimum absolute atomic E-state index is 0.152. The van der Waals surface area contributed by atoms with Gasteiger partial charge in [0.15, 0.2) is 5.13 Å². The molecule has 0 bridgehead atoms. The van der Waals surface area contributed by atoms with E-state index in [0.29, 0.717) is 6.61 Å². The Bertz CT molecular complexity index is 422. The lowest BCUT2D eigenvalue weighted by Gasteiger charge is -2.44. The van der Waals surface area contributed by atoms with Crippen LogP contribution in [0.15, 0.2) is 11.6 Å². The molecule has 0 aromatic carbocycles. The second kappa shape index (κ2) is 3.87. The number of ether oxygens (including phenoxy) is 1. The molecule has 1 atom stereocenters. The number of nitrogens with zero attached hydrogens (tertiary/aromatic N) is 3. The van der Waals surface area contributed by atoms with Crippen LogP contribution in [-0.2, 0) is 4.74 Å². The lowest BCUT2D eigenvalue weighted by molar-refractivity contribution is 0.137. The van der Waals surface area contributed by atoms with E-state index < -0.39 is 0 Å². The second-order valence-electron chi connectivity index (χ2n) is 4.52. The molecule has 0 aliphatic carbocycles. The number of hydrogen-bond acceptors (Lipinski definition) is 5. The lowest BCUT2D eigenvalue weighted by Crippen LogP contribution is -2.61. The normalized spacial score (nSPS) is 28.2. The SMILES string of the molecule is CCC12COC(=O)N1CCN(c1nccs1)C2. The number of thiazole rings is 1. The molecule has 3 rings (SSSR count). The highest BCUT2D eigenvalue weighted by Crippen LogP contribution is 2.34. The molecule has 1 aromatic rings. The largest absolute Gasteiger partial charge is 0.447 e. The van der Waals surface area contributed by atoms with Gasteiger partial charge in [-0.15, -0.1) is 11.3 Å². The number of aromatic nitrogens is 1. The van der Waals surface area contributed by atoms with Crippen LogP contribution in [0.5, 0.6) is 0 Å². The molecule has 2 aliphatic heterocycles. The van der Waals surface area contributed by atoms with Gasteiger partial charge in [0, 0.05) is 31.2 Å². The number of amides is 1. The summed E-state index contributed by atoms with van der Waals surface area (Å²) in [6, 6.07) is 0. The molecule has 2 fully saturated rings. The van der Waals surface area contributed by atoms with Crippen LogP contribution in [0, 0.1) is 0 Å². The van der Waals surface area contributed by atoms with E-state index in [1.807, 2.05) is 16.5 Å². The van der Waals surface area contributed by atoms with Crippen molar-refractivity contribution < 1.29 is 9.53 Å². The third kappa shape index (κ3) is 1.58. The summed E-state index contributed by atoms with van der Waals surface area (Å²) < 4.78 is 5.20. The van der Waals surface area contributed by atoms with Crippen LogP contribution < -0.4 is 4.90 Å². The molecule has 5 nitrogen and oxygen atoms in total. The van der Waals surface area contributed by atoms with Gasteiger partial charge in [-0.05, 0) is 6.42 Å². The molecule has 1 aromatic heterocycles. The van der Waals surface area contributed by atoms with E-state index in [4.69, 9.17) is 4.74 Å². The zero-order valence-corrected chi connectivity index (χ0v) is 10.6. The molecular formula is C11H15N3O2S. The summed E-state index contributed by atoms with van der Waals surface area (Å²) in [5.74, 6) is 0. The number of hydrogen-bond donors (Lipinski definition) is 0. The maximum Gasteiger partial charge on any atom is 0.410 e. The Hall–Kier alpha value is -1.30. The Balaban J connectivity index is 1.85. The van der Waals surface area contributed by atoms with Gasteiger partial charge >= 0.3 is 6.09 Å². The van der Waals surface area contributed by atoms with E-state index >= 15 is 0 Å². The van der Waals surface area contributed by atoms with E-state index in [2.05, 4.69) is 16.8 Å². The summed E-state index contributed by atoms with van der Waals surface area (Å²) in [5.41, 5.74) is -0.152. The predicted molar refractivity (Wildman–Crippen MR) is 65.4 cm³/mol. The topological polar surface area (TPSA) is 45.7 Å². The van der Waals surface area contributed by atoms with E-state index in [1.54, 1.807) is 11.3 Å². The molecular weight excluding hydrogens is 238 g/mol. The first-order valence-electron chi connectivity index (χ1n) is 5.84. The van der Waals surface area contributed by atoms with Crippen LogP contribution in [0.4, 0.5) is 9.93 Å². The van der Waals surface area contributed by atoms with Crippen LogP contribution in [0.25, 0.3) is 0 Å². The summed E-state index contributed by atoms with van der Waals surface area (Å²) in [5, 5.41) is 3.02. The van der Waals surface area contributed by atoms with Crippen molar-refractivity contribution >= 4 is 22.6 Å². The van der Waals surface area contributed by atoms with E-state index in [-0.39, 0.29) is 11.6 Å². The highest BCUT2D eigenvalue weighted by Gasteiger charge is 2.49. The highest BCUT2D eigenvalue weighted by molar-refractivity contribution is 7.13. The minimum Gasteiger partial charge on any atom is -0.447 e. The monoisotopic (exact) mass is 253 g/mol. The van der Waals surface area contributed by atoms with Crippen molar-refractivity contribution in [3.05, 3.63) is 11.6 Å². The summed E-state index contributed by atoms with van der Waals surface area (Å²) in [4.78, 5) is 20.1. The second-order valence-corrected chi connectivity index (χ2v) is 5.39. The van der Waals surface area contributed by atoms with E-state index in [1.165, 1.54) is 0 Å². The molecule has 6 heteroatoms. The maximum atomic E-state index is 11.6. The molecule has 2 saturated heterocycles. The summed E-state index contributed by atoms with van der Waals surface area (Å²) >= 11 is 1.64. The number of rotatable bonds is 2. The van der Waals surface area contributed by atoms with Gasteiger partial charge in [0.05, 0.1) is 5.54 Å².